The Morgan fingerprint density at radius 3 is 0.600 bits per heavy atom. The van der Waals surface area contributed by atoms with Gasteiger partial charge >= 0.3 is 47.9 Å². The number of hydrogen-bond donors (Lipinski definition) is 0. The summed E-state index contributed by atoms with van der Waals surface area (Å²) in [6, 6.07) is 0. The van der Waals surface area contributed by atoms with Crippen molar-refractivity contribution >= 4 is 0 Å². The van der Waals surface area contributed by atoms with Gasteiger partial charge in [0.15, 0.2) is 0 Å². The van der Waals surface area contributed by atoms with Gasteiger partial charge in [-0.25, -0.2) is 0 Å². The fraction of sp³-hybridized carbons (Fsp3) is 0. The predicted octanol–water partition coefficient (Wildman–Crippen LogP) is -0.361. The Morgan fingerprint density at radius 2 is 0.600 bits per heavy atom. The molecule has 0 bridgehead atoms. The van der Waals surface area contributed by atoms with Crippen molar-refractivity contribution in [1.29, 1.82) is 0 Å². The summed E-state index contributed by atoms with van der Waals surface area (Å²) in [7, 11) is 0. The fourth-order valence-electron chi connectivity index (χ4n) is 0. The van der Waals surface area contributed by atoms with E-state index in [1.165, 1.54) is 0 Å². The van der Waals surface area contributed by atoms with Crippen molar-refractivity contribution in [1.82, 2.24) is 0 Å². The van der Waals surface area contributed by atoms with Crippen LogP contribution in [0.2, 0.25) is 0 Å². The quantitative estimate of drug-likeness (QED) is 0.463. The molecule has 0 aromatic carbocycles. The Kier molecular flexibility index (Phi) is 896. The van der Waals surface area contributed by atoms with Crippen LogP contribution in [0, 0.1) is 0 Å². The zero-order valence-electron chi connectivity index (χ0n) is 2.22. The normalized spacial score (nSPS) is 0. The molecule has 0 saturated carbocycles. The topological polar surface area (TPSA) is 85.5 Å². The van der Waals surface area contributed by atoms with Crippen molar-refractivity contribution in [2.75, 3.05) is 0 Å². The van der Waals surface area contributed by atoms with Crippen molar-refractivity contribution in [3.63, 3.8) is 0 Å². The van der Waals surface area contributed by atoms with Gasteiger partial charge in [0, 0.05) is 0 Å². The minimum Gasteiger partial charge on any atom is -2.00 e. The van der Waals surface area contributed by atoms with E-state index in [2.05, 4.69) is 0 Å². The zero-order chi connectivity index (χ0) is 0. The molecule has 0 atom stereocenters. The van der Waals surface area contributed by atoms with Crippen LogP contribution in [-0.4, -0.2) is 0 Å². The predicted molar refractivity (Wildman–Crippen MR) is 2.06 cm³/mol. The van der Waals surface area contributed by atoms with E-state index < -0.39 is 0 Å². The van der Waals surface area contributed by atoms with Gasteiger partial charge in [-0.3, -0.25) is 0 Å². The maximum absolute atomic E-state index is 0. The van der Waals surface area contributed by atoms with Gasteiger partial charge in [0.2, 0.25) is 0 Å². The SMILES string of the molecule is [O-2].[O-2].[O-2].[Ti+4].[Zr+4]. The Hall–Kier alpha value is 1.48. The summed E-state index contributed by atoms with van der Waals surface area (Å²) < 4.78 is 0. The average Bonchev–Trinajstić information content (AvgIpc) is 0. The van der Waals surface area contributed by atoms with Crippen LogP contribution in [0.15, 0.2) is 0 Å². The first-order chi connectivity index (χ1) is 0. The van der Waals surface area contributed by atoms with Crippen molar-refractivity contribution in [2.24, 2.45) is 0 Å². The molecule has 3 nitrogen and oxygen atoms in total. The Bertz CT molecular complexity index is 6.85. The van der Waals surface area contributed by atoms with Crippen LogP contribution in [0.5, 0.6) is 0 Å². The molecule has 5 heavy (non-hydrogen) atoms. The van der Waals surface area contributed by atoms with E-state index in [0.29, 0.717) is 0 Å². The second kappa shape index (κ2) is 50.3. The molecule has 0 saturated heterocycles. The van der Waals surface area contributed by atoms with Crippen LogP contribution in [0.25, 0.3) is 0 Å². The van der Waals surface area contributed by atoms with Crippen LogP contribution in [0.3, 0.4) is 0 Å². The van der Waals surface area contributed by atoms with Gasteiger partial charge < -0.3 is 16.4 Å². The van der Waals surface area contributed by atoms with E-state index in [4.69, 9.17) is 0 Å². The molecule has 0 radical (unpaired) electrons. The van der Waals surface area contributed by atoms with Gasteiger partial charge in [-0.15, -0.1) is 0 Å². The third-order valence-corrected chi connectivity index (χ3v) is 0. The van der Waals surface area contributed by atoms with Gasteiger partial charge in [-0.1, -0.05) is 0 Å². The smallest absolute Gasteiger partial charge is 2.00 e. The van der Waals surface area contributed by atoms with Crippen LogP contribution < -0.4 is 0 Å². The van der Waals surface area contributed by atoms with Crippen molar-refractivity contribution in [2.45, 2.75) is 0 Å². The number of hydrogen-bond acceptors (Lipinski definition) is 0. The van der Waals surface area contributed by atoms with Crippen LogP contribution in [0.1, 0.15) is 0 Å². The van der Waals surface area contributed by atoms with Crippen LogP contribution >= 0.6 is 0 Å². The second-order valence-electron chi connectivity index (χ2n) is 0. The van der Waals surface area contributed by atoms with E-state index in [0.717, 1.165) is 0 Å². The molecule has 0 rings (SSSR count). The van der Waals surface area contributed by atoms with E-state index in [9.17, 15) is 0 Å². The van der Waals surface area contributed by atoms with Crippen molar-refractivity contribution < 1.29 is 64.3 Å². The number of rotatable bonds is 0. The first-order valence-corrected chi connectivity index (χ1v) is 0. The van der Waals surface area contributed by atoms with Crippen LogP contribution in [0.4, 0.5) is 0 Å². The summed E-state index contributed by atoms with van der Waals surface area (Å²) in [4.78, 5) is 0. The third kappa shape index (κ3) is 30.3. The molecule has 0 aliphatic heterocycles. The average molecular weight is 187 g/mol. The molecule has 0 aromatic rings. The molecule has 0 unspecified atom stereocenters. The molecule has 0 heterocycles. The maximum atomic E-state index is 0. The van der Waals surface area contributed by atoms with Gasteiger partial charge in [0.1, 0.15) is 0 Å². The fourth-order valence-corrected chi connectivity index (χ4v) is 0. The molecule has 24 valence electrons. The van der Waals surface area contributed by atoms with E-state index in [-0.39, 0.29) is 64.3 Å². The molecule has 0 fully saturated rings. The molecular weight excluding hydrogens is 187 g/mol. The van der Waals surface area contributed by atoms with Crippen molar-refractivity contribution in [3.05, 3.63) is 0 Å². The zero-order valence-corrected chi connectivity index (χ0v) is 6.24. The molecule has 0 aliphatic rings. The Labute approximate surface area is 64.1 Å². The molecular formula is O3TiZr+2. The first-order valence-electron chi connectivity index (χ1n) is 0. The molecule has 0 amide bonds. The first kappa shape index (κ1) is 89.0. The molecule has 0 aromatic heterocycles. The molecule has 0 N–H and O–H groups in total. The van der Waals surface area contributed by atoms with E-state index in [1.54, 1.807) is 0 Å². The standard InChI is InChI=1S/3O.Ti.Zr/q3*-2;2*+4. The third-order valence-electron chi connectivity index (χ3n) is 0. The molecule has 0 aliphatic carbocycles. The van der Waals surface area contributed by atoms with E-state index >= 15 is 0 Å². The van der Waals surface area contributed by atoms with Crippen molar-refractivity contribution in [3.8, 4) is 0 Å². The minimum absolute atomic E-state index is 0. The summed E-state index contributed by atoms with van der Waals surface area (Å²) in [5.41, 5.74) is 0. The summed E-state index contributed by atoms with van der Waals surface area (Å²) >= 11 is 0. The maximum Gasteiger partial charge on any atom is 4.00 e. The van der Waals surface area contributed by atoms with Crippen LogP contribution in [-0.2, 0) is 64.3 Å². The Balaban J connectivity index is 0. The van der Waals surface area contributed by atoms with Gasteiger partial charge in [-0.05, 0) is 0 Å². The second-order valence-corrected chi connectivity index (χ2v) is 0. The minimum atomic E-state index is 0. The summed E-state index contributed by atoms with van der Waals surface area (Å²) in [5, 5.41) is 0. The summed E-state index contributed by atoms with van der Waals surface area (Å²) in [6.45, 7) is 0. The summed E-state index contributed by atoms with van der Waals surface area (Å²) in [6.07, 6.45) is 0. The van der Waals surface area contributed by atoms with Gasteiger partial charge in [0.25, 0.3) is 0 Å². The molecule has 0 spiro atoms. The largest absolute Gasteiger partial charge is 4.00 e. The monoisotopic (exact) mass is 186 g/mol. The Morgan fingerprint density at radius 1 is 0.600 bits per heavy atom. The van der Waals surface area contributed by atoms with E-state index in [1.807, 2.05) is 0 Å². The van der Waals surface area contributed by atoms with Gasteiger partial charge in [-0.2, -0.15) is 0 Å². The molecule has 5 heteroatoms. The van der Waals surface area contributed by atoms with Gasteiger partial charge in [0.05, 0.1) is 0 Å². The summed E-state index contributed by atoms with van der Waals surface area (Å²) in [5.74, 6) is 0.